The Bertz CT molecular complexity index is 1020. The SMILES string of the molecule is [2H]C(=C)[C@H](CCCC=C)[C@H](O)[C@H](CO[Si](c1ccccc1)(c1ccccc1)C(C)(C)C)NC(=O)OC(C)(C)C. The van der Waals surface area contributed by atoms with Crippen LogP contribution in [0.25, 0.3) is 0 Å². The topological polar surface area (TPSA) is 67.8 Å². The predicted octanol–water partition coefficient (Wildman–Crippen LogP) is 5.98. The summed E-state index contributed by atoms with van der Waals surface area (Å²) in [6, 6.07) is 19.7. The van der Waals surface area contributed by atoms with Crippen molar-refractivity contribution in [3.8, 4) is 0 Å². The van der Waals surface area contributed by atoms with Gasteiger partial charge in [0.1, 0.15) is 5.60 Å². The minimum Gasteiger partial charge on any atom is -0.444 e. The zero-order valence-corrected chi connectivity index (χ0v) is 25.0. The van der Waals surface area contributed by atoms with Gasteiger partial charge in [-0.3, -0.25) is 0 Å². The average molecular weight is 539 g/mol. The molecule has 0 fully saturated rings. The maximum atomic E-state index is 12.9. The van der Waals surface area contributed by atoms with Crippen LogP contribution in [-0.4, -0.2) is 43.9 Å². The highest BCUT2D eigenvalue weighted by Gasteiger charge is 2.50. The van der Waals surface area contributed by atoms with E-state index in [4.69, 9.17) is 10.5 Å². The Morgan fingerprint density at radius 1 is 1.03 bits per heavy atom. The Balaban J connectivity index is 2.54. The van der Waals surface area contributed by atoms with Gasteiger partial charge in [0.2, 0.25) is 0 Å². The molecule has 0 saturated heterocycles. The molecule has 0 aliphatic carbocycles. The van der Waals surface area contributed by atoms with Crippen LogP contribution < -0.4 is 15.7 Å². The quantitative estimate of drug-likeness (QED) is 0.187. The fraction of sp³-hybridized carbons (Fsp3) is 0.469. The second kappa shape index (κ2) is 13.9. The van der Waals surface area contributed by atoms with Gasteiger partial charge in [0.15, 0.2) is 0 Å². The van der Waals surface area contributed by atoms with Crippen LogP contribution in [0.5, 0.6) is 0 Å². The van der Waals surface area contributed by atoms with Gasteiger partial charge in [-0.25, -0.2) is 4.79 Å². The van der Waals surface area contributed by atoms with Gasteiger partial charge < -0.3 is 19.6 Å². The summed E-state index contributed by atoms with van der Waals surface area (Å²) in [5, 5.41) is 16.4. The Morgan fingerprint density at radius 3 is 1.97 bits per heavy atom. The summed E-state index contributed by atoms with van der Waals surface area (Å²) in [6.07, 6.45) is 2.14. The molecular weight excluding hydrogens is 490 g/mol. The smallest absolute Gasteiger partial charge is 0.408 e. The molecule has 0 aliphatic rings. The lowest BCUT2D eigenvalue weighted by Gasteiger charge is -2.44. The minimum atomic E-state index is -2.93. The van der Waals surface area contributed by atoms with Gasteiger partial charge in [-0.05, 0) is 55.4 Å². The van der Waals surface area contributed by atoms with Crippen LogP contribution in [0.1, 0.15) is 62.2 Å². The molecule has 3 atom stereocenters. The zero-order chi connectivity index (χ0) is 29.3. The van der Waals surface area contributed by atoms with Crippen LogP contribution in [0.4, 0.5) is 4.79 Å². The highest BCUT2D eigenvalue weighted by Crippen LogP contribution is 2.37. The number of unbranched alkanes of at least 4 members (excludes halogenated alkanes) is 1. The van der Waals surface area contributed by atoms with Crippen LogP contribution >= 0.6 is 0 Å². The second-order valence-electron chi connectivity index (χ2n) is 11.7. The van der Waals surface area contributed by atoms with Crippen LogP contribution in [0.15, 0.2) is 85.9 Å². The lowest BCUT2D eigenvalue weighted by molar-refractivity contribution is 0.0270. The van der Waals surface area contributed by atoms with E-state index in [9.17, 15) is 9.90 Å². The Morgan fingerprint density at radius 2 is 1.55 bits per heavy atom. The Hall–Kier alpha value is -2.67. The molecule has 0 bridgehead atoms. The molecule has 5 nitrogen and oxygen atoms in total. The van der Waals surface area contributed by atoms with E-state index in [0.29, 0.717) is 6.42 Å². The molecule has 208 valence electrons. The third kappa shape index (κ3) is 8.42. The maximum absolute atomic E-state index is 12.9. The Labute approximate surface area is 232 Å². The summed E-state index contributed by atoms with van der Waals surface area (Å²) in [4.78, 5) is 12.9. The highest BCUT2D eigenvalue weighted by molar-refractivity contribution is 6.99. The van der Waals surface area contributed by atoms with Crippen LogP contribution in [0, 0.1) is 5.92 Å². The molecule has 0 aliphatic heterocycles. The molecule has 2 aromatic carbocycles. The van der Waals surface area contributed by atoms with Gasteiger partial charge in [-0.15, -0.1) is 13.2 Å². The molecule has 0 unspecified atom stereocenters. The van der Waals surface area contributed by atoms with E-state index in [1.165, 1.54) is 0 Å². The van der Waals surface area contributed by atoms with E-state index in [0.717, 1.165) is 23.2 Å². The van der Waals surface area contributed by atoms with E-state index in [1.807, 2.05) is 42.5 Å². The van der Waals surface area contributed by atoms with Crippen molar-refractivity contribution in [2.24, 2.45) is 5.92 Å². The fourth-order valence-corrected chi connectivity index (χ4v) is 9.40. The largest absolute Gasteiger partial charge is 0.444 e. The molecule has 0 saturated carbocycles. The number of ether oxygens (including phenoxy) is 1. The maximum Gasteiger partial charge on any atom is 0.408 e. The lowest BCUT2D eigenvalue weighted by Crippen LogP contribution is -2.68. The summed E-state index contributed by atoms with van der Waals surface area (Å²) in [5.41, 5.74) is -0.708. The number of aliphatic hydroxyl groups is 1. The van der Waals surface area contributed by atoms with Gasteiger partial charge in [0.05, 0.1) is 20.1 Å². The first-order chi connectivity index (χ1) is 18.2. The number of amides is 1. The minimum absolute atomic E-state index is 0.0406. The number of benzene rings is 2. The number of allylic oxidation sites excluding steroid dienone is 1. The van der Waals surface area contributed by atoms with Crippen molar-refractivity contribution in [3.05, 3.63) is 85.9 Å². The van der Waals surface area contributed by atoms with Crippen LogP contribution in [-0.2, 0) is 9.16 Å². The molecule has 0 radical (unpaired) electrons. The van der Waals surface area contributed by atoms with E-state index in [2.05, 4.69) is 63.5 Å². The van der Waals surface area contributed by atoms with Gasteiger partial charge in [0, 0.05) is 5.92 Å². The average Bonchev–Trinajstić information content (AvgIpc) is 2.85. The second-order valence-corrected chi connectivity index (χ2v) is 16.1. The molecule has 2 aromatic rings. The van der Waals surface area contributed by atoms with Crippen molar-refractivity contribution in [1.29, 1.82) is 0 Å². The van der Waals surface area contributed by atoms with Gasteiger partial charge in [-0.2, -0.15) is 0 Å². The third-order valence-corrected chi connectivity index (χ3v) is 11.6. The summed E-state index contributed by atoms with van der Waals surface area (Å²) in [6.45, 7) is 19.5. The normalized spacial score (nSPS) is 15.1. The molecule has 1 amide bonds. The number of nitrogens with one attached hydrogen (secondary N) is 1. The van der Waals surface area contributed by atoms with Crippen LogP contribution in [0.3, 0.4) is 0 Å². The molecular formula is C32H47NO4Si. The van der Waals surface area contributed by atoms with Crippen molar-refractivity contribution in [1.82, 2.24) is 5.32 Å². The zero-order valence-electron chi connectivity index (χ0n) is 25.0. The molecule has 2 N–H and O–H groups in total. The van der Waals surface area contributed by atoms with E-state index in [1.54, 1.807) is 20.8 Å². The molecule has 38 heavy (non-hydrogen) atoms. The molecule has 0 aromatic heterocycles. The fourth-order valence-electron chi connectivity index (χ4n) is 4.82. The van der Waals surface area contributed by atoms with Gasteiger partial charge in [-0.1, -0.05) is 93.6 Å². The number of carbonyl (C=O) groups is 1. The van der Waals surface area contributed by atoms with E-state index >= 15 is 0 Å². The van der Waals surface area contributed by atoms with Gasteiger partial charge >= 0.3 is 6.09 Å². The molecule has 2 rings (SSSR count). The molecule has 0 spiro atoms. The van der Waals surface area contributed by atoms with E-state index < -0.39 is 38.1 Å². The van der Waals surface area contributed by atoms with Crippen molar-refractivity contribution in [3.63, 3.8) is 0 Å². The molecule has 6 heteroatoms. The number of hydrogen-bond donors (Lipinski definition) is 2. The van der Waals surface area contributed by atoms with Crippen LogP contribution in [0.2, 0.25) is 5.04 Å². The molecule has 0 heterocycles. The predicted molar refractivity (Wildman–Crippen MR) is 160 cm³/mol. The number of carbonyl (C=O) groups excluding carboxylic acids is 1. The van der Waals surface area contributed by atoms with Crippen molar-refractivity contribution in [2.45, 2.75) is 83.6 Å². The number of hydrogen-bond acceptors (Lipinski definition) is 4. The number of alkyl carbamates (subject to hydrolysis) is 1. The third-order valence-electron chi connectivity index (χ3n) is 6.61. The van der Waals surface area contributed by atoms with Crippen molar-refractivity contribution >= 4 is 24.8 Å². The first kappa shape index (κ1) is 29.9. The standard InChI is InChI=1S/C32H47NO4Si/c1-9-11-14-19-25(10-2)29(34)28(33-30(35)37-31(3,4)5)24-36-38(32(6,7)8,26-20-15-12-16-21-26)27-22-17-13-18-23-27/h9-10,12-13,15-18,20-23,25,28-29,34H,1-2,11,14,19,24H2,3-8H3,(H,33,35)/t25-,28+,29+/m1/s1/i10D. The van der Waals surface area contributed by atoms with Crippen molar-refractivity contribution < 1.29 is 20.4 Å². The van der Waals surface area contributed by atoms with Crippen molar-refractivity contribution in [2.75, 3.05) is 6.61 Å². The van der Waals surface area contributed by atoms with E-state index in [-0.39, 0.29) is 17.7 Å². The Kier molecular flexibility index (Phi) is 10.9. The lowest BCUT2D eigenvalue weighted by atomic mass is 9.91. The monoisotopic (exact) mass is 538 g/mol. The van der Waals surface area contributed by atoms with Gasteiger partial charge in [0.25, 0.3) is 8.32 Å². The summed E-state index contributed by atoms with van der Waals surface area (Å²) >= 11 is 0. The first-order valence-corrected chi connectivity index (χ1v) is 15.3. The summed E-state index contributed by atoms with van der Waals surface area (Å²) < 4.78 is 20.9. The number of rotatable bonds is 13. The first-order valence-electron chi connectivity index (χ1n) is 13.9. The summed E-state index contributed by atoms with van der Waals surface area (Å²) in [5.74, 6) is -0.548. The highest BCUT2D eigenvalue weighted by atomic mass is 28.4. The number of aliphatic hydroxyl groups excluding tert-OH is 1. The summed E-state index contributed by atoms with van der Waals surface area (Å²) in [7, 11) is -2.93.